The van der Waals surface area contributed by atoms with Crippen LogP contribution in [0.5, 0.6) is 0 Å². The van der Waals surface area contributed by atoms with Gasteiger partial charge in [-0.05, 0) is 87.9 Å². The maximum atomic E-state index is 9.39. The first-order valence-corrected chi connectivity index (χ1v) is 14.8. The molecule has 9 nitrogen and oxygen atoms in total. The van der Waals surface area contributed by atoms with E-state index in [1.54, 1.807) is 6.20 Å². The summed E-state index contributed by atoms with van der Waals surface area (Å²) >= 11 is 0. The van der Waals surface area contributed by atoms with Crippen LogP contribution in [-0.2, 0) is 22.6 Å². The smallest absolute Gasteiger partial charge is 0.167 e. The molecule has 2 N–H and O–H groups in total. The molecule has 0 amide bonds. The molecule has 2 atom stereocenters. The fraction of sp³-hybridized carbons (Fsp3) is 0.424. The van der Waals surface area contributed by atoms with Gasteiger partial charge in [-0.2, -0.15) is 0 Å². The molecule has 4 aromatic rings. The van der Waals surface area contributed by atoms with Crippen LogP contribution in [-0.4, -0.2) is 50.3 Å². The molecule has 0 spiro atoms. The molecule has 3 aromatic heterocycles. The highest BCUT2D eigenvalue weighted by Gasteiger charge is 2.26. The fourth-order valence-corrected chi connectivity index (χ4v) is 5.35. The Balaban J connectivity index is 1.01. The van der Waals surface area contributed by atoms with Crippen molar-refractivity contribution in [3.63, 3.8) is 0 Å². The van der Waals surface area contributed by atoms with E-state index in [9.17, 15) is 5.11 Å². The van der Waals surface area contributed by atoms with E-state index in [2.05, 4.69) is 32.3 Å². The summed E-state index contributed by atoms with van der Waals surface area (Å²) in [4.78, 5) is 9.04. The Labute approximate surface area is 246 Å². The number of aliphatic hydroxyl groups is 1. The minimum Gasteiger partial charge on any atom is -0.393 e. The number of rotatable bonds is 10. The van der Waals surface area contributed by atoms with Gasteiger partial charge in [-0.1, -0.05) is 17.0 Å². The fourth-order valence-electron chi connectivity index (χ4n) is 5.35. The summed E-state index contributed by atoms with van der Waals surface area (Å²) < 4.78 is 19.5. The van der Waals surface area contributed by atoms with Crippen LogP contribution in [0.1, 0.15) is 73.5 Å². The zero-order valence-electron chi connectivity index (χ0n) is 23.9. The molecule has 1 aromatic carbocycles. The third-order valence-electron chi connectivity index (χ3n) is 7.79. The molecule has 218 valence electrons. The van der Waals surface area contributed by atoms with Crippen molar-refractivity contribution in [3.05, 3.63) is 89.4 Å². The Hall–Kier alpha value is -3.81. The summed E-state index contributed by atoms with van der Waals surface area (Å²) in [6, 6.07) is 13.9. The van der Waals surface area contributed by atoms with Crippen LogP contribution in [0.15, 0.2) is 65.6 Å². The minimum absolute atomic E-state index is 0.108. The summed E-state index contributed by atoms with van der Waals surface area (Å²) in [6.07, 6.45) is 9.98. The summed E-state index contributed by atoms with van der Waals surface area (Å²) in [5.41, 5.74) is 4.51. The number of ether oxygens (including phenoxy) is 2. The van der Waals surface area contributed by atoms with Crippen molar-refractivity contribution in [2.45, 2.75) is 70.6 Å². The number of aromatic nitrogens is 4. The second kappa shape index (κ2) is 13.4. The van der Waals surface area contributed by atoms with Gasteiger partial charge in [0.05, 0.1) is 18.3 Å². The maximum Gasteiger partial charge on any atom is 0.167 e. The average molecular weight is 568 g/mol. The van der Waals surface area contributed by atoms with Crippen LogP contribution < -0.4 is 5.32 Å². The zero-order chi connectivity index (χ0) is 28.7. The molecule has 2 aliphatic rings. The van der Waals surface area contributed by atoms with Gasteiger partial charge in [-0.25, -0.2) is 4.98 Å². The number of pyridine rings is 1. The Morgan fingerprint density at radius 1 is 1.07 bits per heavy atom. The van der Waals surface area contributed by atoms with Gasteiger partial charge >= 0.3 is 0 Å². The van der Waals surface area contributed by atoms with Gasteiger partial charge < -0.3 is 29.0 Å². The van der Waals surface area contributed by atoms with Crippen LogP contribution in [0.4, 0.5) is 0 Å². The van der Waals surface area contributed by atoms with Gasteiger partial charge in [0.1, 0.15) is 17.6 Å². The van der Waals surface area contributed by atoms with Gasteiger partial charge in [0, 0.05) is 54.5 Å². The van der Waals surface area contributed by atoms with E-state index in [1.165, 1.54) is 0 Å². The van der Waals surface area contributed by atoms with Crippen molar-refractivity contribution in [1.29, 1.82) is 0 Å². The van der Waals surface area contributed by atoms with Crippen molar-refractivity contribution in [2.24, 2.45) is 5.92 Å². The Kier molecular flexibility index (Phi) is 9.06. The predicted molar refractivity (Wildman–Crippen MR) is 157 cm³/mol. The zero-order valence-corrected chi connectivity index (χ0v) is 23.9. The predicted octanol–water partition coefficient (Wildman–Crippen LogP) is 4.85. The third kappa shape index (κ3) is 7.33. The molecule has 2 fully saturated rings. The molecule has 1 saturated heterocycles. The lowest BCUT2D eigenvalue weighted by Gasteiger charge is -2.31. The largest absolute Gasteiger partial charge is 0.393 e. The first-order valence-electron chi connectivity index (χ1n) is 14.8. The molecular weight excluding hydrogens is 530 g/mol. The molecule has 42 heavy (non-hydrogen) atoms. The van der Waals surface area contributed by atoms with E-state index < -0.39 is 0 Å². The molecule has 1 aliphatic heterocycles. The third-order valence-corrected chi connectivity index (χ3v) is 7.79. The van der Waals surface area contributed by atoms with Crippen LogP contribution in [0.25, 0.3) is 11.3 Å². The number of hydrogen-bond acceptors (Lipinski definition) is 8. The van der Waals surface area contributed by atoms with Crippen molar-refractivity contribution in [1.82, 2.24) is 25.0 Å². The molecule has 0 bridgehead atoms. The van der Waals surface area contributed by atoms with E-state index in [0.29, 0.717) is 18.2 Å². The number of hydrogen-bond donors (Lipinski definition) is 2. The Bertz CT molecular complexity index is 1490. The highest BCUT2D eigenvalue weighted by molar-refractivity contribution is 5.59. The van der Waals surface area contributed by atoms with E-state index in [-0.39, 0.29) is 18.5 Å². The molecule has 0 unspecified atom stereocenters. The van der Waals surface area contributed by atoms with Gasteiger partial charge in [0.15, 0.2) is 12.1 Å². The van der Waals surface area contributed by atoms with Crippen molar-refractivity contribution < 1.29 is 19.1 Å². The van der Waals surface area contributed by atoms with Crippen molar-refractivity contribution in [3.8, 4) is 23.2 Å². The lowest BCUT2D eigenvalue weighted by molar-refractivity contribution is -0.188. The van der Waals surface area contributed by atoms with Gasteiger partial charge in [-0.15, -0.1) is 0 Å². The van der Waals surface area contributed by atoms with Crippen molar-refractivity contribution >= 4 is 0 Å². The molecular formula is C33H37N5O4. The van der Waals surface area contributed by atoms with Crippen LogP contribution in [0, 0.1) is 17.8 Å². The average Bonchev–Trinajstić information content (AvgIpc) is 3.67. The minimum atomic E-state index is -0.188. The topological polar surface area (TPSA) is 107 Å². The number of benzene rings is 1. The lowest BCUT2D eigenvalue weighted by Crippen LogP contribution is -2.36. The summed E-state index contributed by atoms with van der Waals surface area (Å²) in [7, 11) is 0. The molecule has 1 saturated carbocycles. The van der Waals surface area contributed by atoms with Crippen LogP contribution in [0.2, 0.25) is 0 Å². The highest BCUT2D eigenvalue weighted by Crippen LogP contribution is 2.26. The van der Waals surface area contributed by atoms with E-state index in [1.807, 2.05) is 66.3 Å². The first-order chi connectivity index (χ1) is 20.6. The normalized spacial score (nSPS) is 20.9. The van der Waals surface area contributed by atoms with E-state index >= 15 is 0 Å². The number of imidazole rings is 1. The molecule has 0 radical (unpaired) electrons. The van der Waals surface area contributed by atoms with Gasteiger partial charge in [0.25, 0.3) is 0 Å². The van der Waals surface area contributed by atoms with Gasteiger partial charge in [-0.3, -0.25) is 4.98 Å². The molecule has 6 rings (SSSR count). The SMILES string of the molecule is C[C@H](O[C@H]1CCCCO1)c1nccn1Cc1cc(-c2ccc(C#Cc3ccc(CNCC4CC(O)C4)nc3)cc2)on1. The van der Waals surface area contributed by atoms with Crippen LogP contribution in [0.3, 0.4) is 0 Å². The number of nitrogens with zero attached hydrogens (tertiary/aromatic N) is 4. The molecule has 1 aliphatic carbocycles. The summed E-state index contributed by atoms with van der Waals surface area (Å²) in [6.45, 7) is 4.93. The highest BCUT2D eigenvalue weighted by atomic mass is 16.7. The number of aliphatic hydroxyl groups excluding tert-OH is 1. The summed E-state index contributed by atoms with van der Waals surface area (Å²) in [5.74, 6) is 8.52. The Morgan fingerprint density at radius 3 is 2.67 bits per heavy atom. The van der Waals surface area contributed by atoms with Crippen LogP contribution >= 0.6 is 0 Å². The Morgan fingerprint density at radius 2 is 1.90 bits per heavy atom. The maximum absolute atomic E-state index is 9.39. The van der Waals surface area contributed by atoms with Crippen molar-refractivity contribution in [2.75, 3.05) is 13.2 Å². The second-order valence-corrected chi connectivity index (χ2v) is 11.2. The second-order valence-electron chi connectivity index (χ2n) is 11.2. The number of nitrogens with one attached hydrogen (secondary N) is 1. The standard InChI is InChI=1S/C33H37N5O4/c1-23(41-32-4-2-3-15-40-32)33-35-13-14-38(33)22-29-18-31(42-37-29)27-10-7-24(8-11-27)5-6-25-9-12-28(36-20-25)21-34-19-26-16-30(39)17-26/h7-14,18,20,23,26,30,32,34,39H,2-4,15-17,19,21-22H2,1H3/t23-,26?,30?,32-/m0/s1. The monoisotopic (exact) mass is 567 g/mol. The quantitative estimate of drug-likeness (QED) is 0.262. The van der Waals surface area contributed by atoms with E-state index in [0.717, 1.165) is 85.7 Å². The lowest BCUT2D eigenvalue weighted by atomic mass is 9.82. The molecule has 9 heteroatoms. The first kappa shape index (κ1) is 28.3. The van der Waals surface area contributed by atoms with Gasteiger partial charge in [0.2, 0.25) is 0 Å². The summed E-state index contributed by atoms with van der Waals surface area (Å²) in [5, 5.41) is 17.1. The van der Waals surface area contributed by atoms with E-state index in [4.69, 9.17) is 14.0 Å². The molecule has 4 heterocycles.